The molecule has 0 radical (unpaired) electrons. The second-order valence-corrected chi connectivity index (χ2v) is 8.71. The Labute approximate surface area is 188 Å². The van der Waals surface area contributed by atoms with E-state index >= 15 is 0 Å². The summed E-state index contributed by atoms with van der Waals surface area (Å²) in [5.74, 6) is 0. The predicted molar refractivity (Wildman–Crippen MR) is 129 cm³/mol. The topological polar surface area (TPSA) is 57.4 Å². The van der Waals surface area contributed by atoms with Gasteiger partial charge < -0.3 is 19.9 Å². The fourth-order valence-electron chi connectivity index (χ4n) is 4.18. The number of thiocarbonyl (C=S) groups is 1. The van der Waals surface area contributed by atoms with Gasteiger partial charge in [0.1, 0.15) is 0 Å². The molecule has 1 atom stereocenters. The number of rotatable bonds is 6. The predicted octanol–water partition coefficient (Wildman–Crippen LogP) is 4.20. The molecule has 2 aromatic carbocycles. The molecule has 6 heteroatoms. The van der Waals surface area contributed by atoms with Crippen molar-refractivity contribution in [3.8, 4) is 0 Å². The highest BCUT2D eigenvalue weighted by Gasteiger charge is 2.22. The molecular weight excluding hydrogens is 406 g/mol. The molecule has 1 saturated heterocycles. The number of nitrogens with zero attached hydrogens (tertiary/aromatic N) is 1. The van der Waals surface area contributed by atoms with Gasteiger partial charge in [-0.15, -0.1) is 0 Å². The Kier molecular flexibility index (Phi) is 6.68. The molecule has 0 amide bonds. The van der Waals surface area contributed by atoms with Gasteiger partial charge >= 0.3 is 0 Å². The molecule has 0 bridgehead atoms. The van der Waals surface area contributed by atoms with Crippen LogP contribution in [0, 0.1) is 13.8 Å². The van der Waals surface area contributed by atoms with E-state index in [-0.39, 0.29) is 11.7 Å². The van der Waals surface area contributed by atoms with Crippen LogP contribution in [0.4, 0.5) is 0 Å². The fraction of sp³-hybridized carbons (Fsp3) is 0.360. The van der Waals surface area contributed by atoms with Gasteiger partial charge in [-0.3, -0.25) is 4.79 Å². The average molecular weight is 436 g/mol. The summed E-state index contributed by atoms with van der Waals surface area (Å²) in [6.07, 6.45) is 2.22. The van der Waals surface area contributed by atoms with Gasteiger partial charge in [-0.2, -0.15) is 0 Å². The Bertz CT molecular complexity index is 1120. The lowest BCUT2D eigenvalue weighted by molar-refractivity contribution is 0.0896. The van der Waals surface area contributed by atoms with Crippen molar-refractivity contribution in [2.75, 3.05) is 13.2 Å². The van der Waals surface area contributed by atoms with Crippen LogP contribution in [0.25, 0.3) is 10.9 Å². The fourth-order valence-corrected chi connectivity index (χ4v) is 4.39. The van der Waals surface area contributed by atoms with E-state index in [0.29, 0.717) is 30.3 Å². The van der Waals surface area contributed by atoms with Gasteiger partial charge in [0.05, 0.1) is 12.6 Å². The Morgan fingerprint density at radius 1 is 1.23 bits per heavy atom. The first-order valence-electron chi connectivity index (χ1n) is 10.8. The normalized spacial score (nSPS) is 15.9. The first-order valence-corrected chi connectivity index (χ1v) is 11.2. The number of H-pyrrole nitrogens is 1. The molecule has 5 nitrogen and oxygen atoms in total. The zero-order chi connectivity index (χ0) is 21.8. The molecule has 2 heterocycles. The van der Waals surface area contributed by atoms with Crippen molar-refractivity contribution in [2.24, 2.45) is 0 Å². The van der Waals surface area contributed by atoms with Crippen molar-refractivity contribution < 1.29 is 4.74 Å². The number of benzene rings is 2. The molecule has 4 rings (SSSR count). The van der Waals surface area contributed by atoms with Gasteiger partial charge in [0.15, 0.2) is 5.11 Å². The molecule has 0 spiro atoms. The van der Waals surface area contributed by atoms with E-state index in [2.05, 4.69) is 40.3 Å². The largest absolute Gasteiger partial charge is 0.376 e. The number of hydrogen-bond acceptors (Lipinski definition) is 3. The van der Waals surface area contributed by atoms with E-state index in [1.807, 2.05) is 37.3 Å². The highest BCUT2D eigenvalue weighted by molar-refractivity contribution is 7.80. The minimum atomic E-state index is -0.0688. The molecule has 3 aromatic rings. The maximum absolute atomic E-state index is 12.9. The number of ether oxygens (including phenoxy) is 1. The molecule has 162 valence electrons. The molecule has 2 N–H and O–H groups in total. The molecule has 1 fully saturated rings. The third-order valence-corrected chi connectivity index (χ3v) is 6.18. The van der Waals surface area contributed by atoms with Gasteiger partial charge in [0, 0.05) is 36.2 Å². The summed E-state index contributed by atoms with van der Waals surface area (Å²) in [6, 6.07) is 16.3. The summed E-state index contributed by atoms with van der Waals surface area (Å²) in [4.78, 5) is 18.0. The van der Waals surface area contributed by atoms with Crippen LogP contribution in [0.3, 0.4) is 0 Å². The Morgan fingerprint density at radius 3 is 2.77 bits per heavy atom. The standard InChI is InChI=1S/C25H29N3O2S/c1-17-11-18(2)22-13-20(24(29)27-23(22)12-17)15-28(16-21-9-6-10-30-21)25(31)26-14-19-7-4-3-5-8-19/h3-5,7-8,11-13,21H,6,9-10,14-16H2,1-2H3,(H,26,31)(H,27,29). The summed E-state index contributed by atoms with van der Waals surface area (Å²) >= 11 is 5.74. The summed E-state index contributed by atoms with van der Waals surface area (Å²) in [6.45, 7) is 6.67. The lowest BCUT2D eigenvalue weighted by atomic mass is 10.0. The maximum atomic E-state index is 12.9. The number of nitrogens with one attached hydrogen (secondary N) is 2. The van der Waals surface area contributed by atoms with Crippen LogP contribution >= 0.6 is 12.2 Å². The highest BCUT2D eigenvalue weighted by atomic mass is 32.1. The van der Waals surface area contributed by atoms with Crippen molar-refractivity contribution >= 4 is 28.2 Å². The molecule has 1 aliphatic rings. The van der Waals surface area contributed by atoms with Gasteiger partial charge in [-0.1, -0.05) is 36.4 Å². The van der Waals surface area contributed by atoms with Crippen LogP contribution in [0.2, 0.25) is 0 Å². The van der Waals surface area contributed by atoms with E-state index in [1.165, 1.54) is 0 Å². The molecule has 1 aliphatic heterocycles. The lowest BCUT2D eigenvalue weighted by Gasteiger charge is -2.28. The Morgan fingerprint density at radius 2 is 2.03 bits per heavy atom. The van der Waals surface area contributed by atoms with Crippen LogP contribution < -0.4 is 10.9 Å². The van der Waals surface area contributed by atoms with Crippen molar-refractivity contribution in [3.05, 3.63) is 81.1 Å². The Hall–Kier alpha value is -2.70. The lowest BCUT2D eigenvalue weighted by Crippen LogP contribution is -2.43. The van der Waals surface area contributed by atoms with Gasteiger partial charge in [-0.05, 0) is 67.7 Å². The molecular formula is C25H29N3O2S. The summed E-state index contributed by atoms with van der Waals surface area (Å²) in [5.41, 5.74) is 4.97. The van der Waals surface area contributed by atoms with E-state index in [0.717, 1.165) is 47.0 Å². The minimum Gasteiger partial charge on any atom is -0.376 e. The van der Waals surface area contributed by atoms with E-state index in [9.17, 15) is 4.79 Å². The average Bonchev–Trinajstić information content (AvgIpc) is 3.26. The van der Waals surface area contributed by atoms with Gasteiger partial charge in [0.2, 0.25) is 0 Å². The van der Waals surface area contributed by atoms with Gasteiger partial charge in [0.25, 0.3) is 5.56 Å². The van der Waals surface area contributed by atoms with Crippen LogP contribution in [-0.4, -0.2) is 34.3 Å². The van der Waals surface area contributed by atoms with Crippen molar-refractivity contribution in [3.63, 3.8) is 0 Å². The third-order valence-electron chi connectivity index (χ3n) is 5.77. The zero-order valence-electron chi connectivity index (χ0n) is 18.1. The first kappa shape index (κ1) is 21.5. The number of aromatic nitrogens is 1. The van der Waals surface area contributed by atoms with E-state index in [1.54, 1.807) is 0 Å². The SMILES string of the molecule is Cc1cc(C)c2cc(CN(CC3CCCO3)C(=S)NCc3ccccc3)c(=O)[nH]c2c1. The van der Waals surface area contributed by atoms with E-state index in [4.69, 9.17) is 17.0 Å². The Balaban J connectivity index is 1.57. The second-order valence-electron chi connectivity index (χ2n) is 8.33. The smallest absolute Gasteiger partial charge is 0.253 e. The first-order chi connectivity index (χ1) is 15.0. The zero-order valence-corrected chi connectivity index (χ0v) is 18.9. The summed E-state index contributed by atoms with van der Waals surface area (Å²) in [7, 11) is 0. The van der Waals surface area contributed by atoms with E-state index < -0.39 is 0 Å². The number of fused-ring (bicyclic) bond motifs is 1. The number of pyridine rings is 1. The number of aromatic amines is 1. The molecule has 0 aliphatic carbocycles. The minimum absolute atomic E-state index is 0.0688. The molecule has 31 heavy (non-hydrogen) atoms. The quantitative estimate of drug-likeness (QED) is 0.569. The summed E-state index contributed by atoms with van der Waals surface area (Å²) in [5, 5.41) is 5.07. The molecule has 1 unspecified atom stereocenters. The van der Waals surface area contributed by atoms with Crippen LogP contribution in [-0.2, 0) is 17.8 Å². The van der Waals surface area contributed by atoms with Crippen molar-refractivity contribution in [1.29, 1.82) is 0 Å². The maximum Gasteiger partial charge on any atom is 0.253 e. The number of aryl methyl sites for hydroxylation is 2. The van der Waals surface area contributed by atoms with Crippen LogP contribution in [0.15, 0.2) is 53.3 Å². The third kappa shape index (κ3) is 5.32. The van der Waals surface area contributed by atoms with Gasteiger partial charge in [-0.25, -0.2) is 0 Å². The summed E-state index contributed by atoms with van der Waals surface area (Å²) < 4.78 is 5.85. The van der Waals surface area contributed by atoms with Crippen molar-refractivity contribution in [2.45, 2.75) is 45.9 Å². The van der Waals surface area contributed by atoms with Crippen LogP contribution in [0.1, 0.15) is 35.1 Å². The molecule has 1 aromatic heterocycles. The highest BCUT2D eigenvalue weighted by Crippen LogP contribution is 2.20. The molecule has 0 saturated carbocycles. The monoisotopic (exact) mass is 435 g/mol. The number of hydrogen-bond donors (Lipinski definition) is 2. The second kappa shape index (κ2) is 9.62. The van der Waals surface area contributed by atoms with Crippen molar-refractivity contribution in [1.82, 2.24) is 15.2 Å². The van der Waals surface area contributed by atoms with Crippen LogP contribution in [0.5, 0.6) is 0 Å².